The molecule has 1 atom stereocenters. The lowest BCUT2D eigenvalue weighted by Crippen LogP contribution is -2.55. The van der Waals surface area contributed by atoms with Crippen LogP contribution < -0.4 is 10.6 Å². The number of nitrogens with two attached hydrogens (primary N) is 1. The average Bonchev–Trinajstić information content (AvgIpc) is 2.74. The second kappa shape index (κ2) is 7.93. The first-order chi connectivity index (χ1) is 13.6. The number of hydrogen-bond donors (Lipinski definition) is 1. The molecule has 0 radical (unpaired) electrons. The van der Waals surface area contributed by atoms with Gasteiger partial charge >= 0.3 is 0 Å². The second-order valence-corrected chi connectivity index (χ2v) is 7.21. The molecule has 0 saturated carbocycles. The Balaban J connectivity index is 1.38. The van der Waals surface area contributed by atoms with Crippen molar-refractivity contribution in [3.8, 4) is 0 Å². The lowest BCUT2D eigenvalue weighted by molar-refractivity contribution is -0.135. The Bertz CT molecular complexity index is 851. The Hall–Kier alpha value is -3.00. The zero-order chi connectivity index (χ0) is 19.5. The van der Waals surface area contributed by atoms with Crippen LogP contribution >= 0.6 is 0 Å². The van der Waals surface area contributed by atoms with Gasteiger partial charge in [-0.05, 0) is 23.6 Å². The summed E-state index contributed by atoms with van der Waals surface area (Å²) in [5.41, 5.74) is 7.91. The van der Waals surface area contributed by atoms with Gasteiger partial charge in [-0.1, -0.05) is 24.3 Å². The van der Waals surface area contributed by atoms with Gasteiger partial charge in [-0.2, -0.15) is 0 Å². The van der Waals surface area contributed by atoms with Crippen LogP contribution in [0.2, 0.25) is 0 Å². The molecule has 1 aromatic heterocycles. The zero-order valence-corrected chi connectivity index (χ0v) is 15.7. The second-order valence-electron chi connectivity index (χ2n) is 7.21. The van der Waals surface area contributed by atoms with E-state index < -0.39 is 6.04 Å². The summed E-state index contributed by atoms with van der Waals surface area (Å²) in [7, 11) is 0. The number of nitrogens with zero attached hydrogens (tertiary/aromatic N) is 5. The maximum absolute atomic E-state index is 12.9. The largest absolute Gasteiger partial charge is 0.368 e. The van der Waals surface area contributed by atoms with Crippen LogP contribution in [0.15, 0.2) is 42.7 Å². The number of amides is 2. The van der Waals surface area contributed by atoms with Crippen LogP contribution in [-0.4, -0.2) is 70.3 Å². The van der Waals surface area contributed by atoms with Gasteiger partial charge in [0.1, 0.15) is 0 Å². The van der Waals surface area contributed by atoms with Crippen molar-refractivity contribution in [2.45, 2.75) is 19.0 Å². The lowest BCUT2D eigenvalue weighted by atomic mass is 9.93. The summed E-state index contributed by atoms with van der Waals surface area (Å²) < 4.78 is 0. The number of fused-ring (bicyclic) bond motifs is 1. The van der Waals surface area contributed by atoms with E-state index in [0.29, 0.717) is 45.1 Å². The van der Waals surface area contributed by atoms with E-state index in [-0.39, 0.29) is 18.4 Å². The standard InChI is InChI=1S/C20H24N6O2/c21-19(28)17-12-15-4-1-2-5-16(15)13-26(17)14-18(27)24-8-10-25(11-9-24)20-22-6-3-7-23-20/h1-7,17H,8-14H2,(H2,21,28)/t17-/m1/s1. The Labute approximate surface area is 164 Å². The van der Waals surface area contributed by atoms with Gasteiger partial charge in [0.2, 0.25) is 17.8 Å². The van der Waals surface area contributed by atoms with Gasteiger partial charge < -0.3 is 15.5 Å². The number of carbonyl (C=O) groups excluding carboxylic acids is 2. The minimum absolute atomic E-state index is 0.0271. The monoisotopic (exact) mass is 380 g/mol. The number of anilines is 1. The van der Waals surface area contributed by atoms with Crippen molar-refractivity contribution in [1.29, 1.82) is 0 Å². The number of piperazine rings is 1. The SMILES string of the molecule is NC(=O)[C@H]1Cc2ccccc2CN1CC(=O)N1CCN(c2ncccn2)CC1. The molecule has 2 aromatic rings. The first-order valence-electron chi connectivity index (χ1n) is 9.51. The van der Waals surface area contributed by atoms with E-state index in [9.17, 15) is 9.59 Å². The zero-order valence-electron chi connectivity index (χ0n) is 15.7. The normalized spacial score (nSPS) is 19.9. The number of carbonyl (C=O) groups is 2. The van der Waals surface area contributed by atoms with Crippen molar-refractivity contribution in [3.63, 3.8) is 0 Å². The molecule has 3 heterocycles. The van der Waals surface area contributed by atoms with Gasteiger partial charge in [-0.3, -0.25) is 14.5 Å². The van der Waals surface area contributed by atoms with Crippen LogP contribution in [0, 0.1) is 0 Å². The maximum atomic E-state index is 12.9. The van der Waals surface area contributed by atoms with Crippen LogP contribution in [0.3, 0.4) is 0 Å². The number of benzene rings is 1. The summed E-state index contributed by atoms with van der Waals surface area (Å²) in [6, 6.07) is 9.35. The van der Waals surface area contributed by atoms with Gasteiger partial charge in [-0.15, -0.1) is 0 Å². The molecule has 0 bridgehead atoms. The summed E-state index contributed by atoms with van der Waals surface area (Å²) in [6.45, 7) is 3.37. The smallest absolute Gasteiger partial charge is 0.236 e. The van der Waals surface area contributed by atoms with Crippen LogP contribution in [0.25, 0.3) is 0 Å². The first kappa shape index (κ1) is 18.4. The number of rotatable bonds is 4. The van der Waals surface area contributed by atoms with Crippen molar-refractivity contribution >= 4 is 17.8 Å². The summed E-state index contributed by atoms with van der Waals surface area (Å²) in [5, 5.41) is 0. The van der Waals surface area contributed by atoms with Gasteiger partial charge in [0.05, 0.1) is 12.6 Å². The third kappa shape index (κ3) is 3.82. The van der Waals surface area contributed by atoms with Crippen molar-refractivity contribution < 1.29 is 9.59 Å². The highest BCUT2D eigenvalue weighted by molar-refractivity contribution is 5.83. The molecular weight excluding hydrogens is 356 g/mol. The quantitative estimate of drug-likeness (QED) is 0.805. The molecule has 28 heavy (non-hydrogen) atoms. The Morgan fingerprint density at radius 2 is 1.68 bits per heavy atom. The fourth-order valence-electron chi connectivity index (χ4n) is 3.91. The molecule has 0 unspecified atom stereocenters. The molecule has 0 spiro atoms. The molecule has 8 heteroatoms. The van der Waals surface area contributed by atoms with Crippen LogP contribution in [-0.2, 0) is 22.6 Å². The Kier molecular flexibility index (Phi) is 5.21. The molecule has 2 aliphatic heterocycles. The molecule has 1 saturated heterocycles. The highest BCUT2D eigenvalue weighted by Crippen LogP contribution is 2.23. The van der Waals surface area contributed by atoms with Crippen LogP contribution in [0.1, 0.15) is 11.1 Å². The third-order valence-corrected chi connectivity index (χ3v) is 5.48. The van der Waals surface area contributed by atoms with Gasteiger partial charge in [0, 0.05) is 45.1 Å². The van der Waals surface area contributed by atoms with Crippen molar-refractivity contribution in [2.24, 2.45) is 5.73 Å². The summed E-state index contributed by atoms with van der Waals surface area (Å²) in [5.74, 6) is 0.337. The van der Waals surface area contributed by atoms with E-state index in [0.717, 1.165) is 11.1 Å². The molecule has 2 N–H and O–H groups in total. The number of hydrogen-bond acceptors (Lipinski definition) is 6. The average molecular weight is 380 g/mol. The molecule has 1 aromatic carbocycles. The topological polar surface area (TPSA) is 95.7 Å². The van der Waals surface area contributed by atoms with Crippen molar-refractivity contribution in [1.82, 2.24) is 19.8 Å². The fourth-order valence-corrected chi connectivity index (χ4v) is 3.91. The highest BCUT2D eigenvalue weighted by Gasteiger charge is 2.33. The molecule has 1 fully saturated rings. The van der Waals surface area contributed by atoms with E-state index in [1.54, 1.807) is 18.5 Å². The minimum atomic E-state index is -0.446. The van der Waals surface area contributed by atoms with E-state index >= 15 is 0 Å². The molecule has 2 aliphatic rings. The summed E-state index contributed by atoms with van der Waals surface area (Å²) >= 11 is 0. The molecule has 146 valence electrons. The van der Waals surface area contributed by atoms with Crippen molar-refractivity contribution in [3.05, 3.63) is 53.9 Å². The number of primary amides is 1. The third-order valence-electron chi connectivity index (χ3n) is 5.48. The van der Waals surface area contributed by atoms with E-state index in [2.05, 4.69) is 14.9 Å². The van der Waals surface area contributed by atoms with Gasteiger partial charge in [0.25, 0.3) is 0 Å². The number of aromatic nitrogens is 2. The Morgan fingerprint density at radius 3 is 2.36 bits per heavy atom. The van der Waals surface area contributed by atoms with E-state index in [1.807, 2.05) is 34.1 Å². The molecule has 8 nitrogen and oxygen atoms in total. The maximum Gasteiger partial charge on any atom is 0.236 e. The highest BCUT2D eigenvalue weighted by atomic mass is 16.2. The molecule has 4 rings (SSSR count). The first-order valence-corrected chi connectivity index (χ1v) is 9.51. The fraction of sp³-hybridized carbons (Fsp3) is 0.400. The molecular formula is C20H24N6O2. The predicted molar refractivity (Wildman–Crippen MR) is 104 cm³/mol. The minimum Gasteiger partial charge on any atom is -0.368 e. The summed E-state index contributed by atoms with van der Waals surface area (Å²) in [6.07, 6.45) is 3.99. The van der Waals surface area contributed by atoms with Crippen molar-refractivity contribution in [2.75, 3.05) is 37.6 Å². The molecule has 2 amide bonds. The van der Waals surface area contributed by atoms with E-state index in [4.69, 9.17) is 5.73 Å². The van der Waals surface area contributed by atoms with E-state index in [1.165, 1.54) is 0 Å². The lowest BCUT2D eigenvalue weighted by Gasteiger charge is -2.38. The van der Waals surface area contributed by atoms with Crippen LogP contribution in [0.4, 0.5) is 5.95 Å². The van der Waals surface area contributed by atoms with Gasteiger partial charge in [0.15, 0.2) is 0 Å². The molecule has 0 aliphatic carbocycles. The predicted octanol–water partition coefficient (Wildman–Crippen LogP) is 0.0374. The van der Waals surface area contributed by atoms with Gasteiger partial charge in [-0.25, -0.2) is 9.97 Å². The Morgan fingerprint density at radius 1 is 1.00 bits per heavy atom. The van der Waals surface area contributed by atoms with Crippen LogP contribution in [0.5, 0.6) is 0 Å². The summed E-state index contributed by atoms with van der Waals surface area (Å²) in [4.78, 5) is 39.2.